The summed E-state index contributed by atoms with van der Waals surface area (Å²) < 4.78 is 12.7. The molecule has 0 unspecified atom stereocenters. The lowest BCUT2D eigenvalue weighted by molar-refractivity contribution is 0.102. The molecule has 0 aliphatic carbocycles. The molecule has 8 heteroatoms. The number of hydrogen-bond donors (Lipinski definition) is 1. The molecule has 0 atom stereocenters. The standard InChI is InChI=1S/C25H22N4O3S/c1-16-5-3-4-6-21(16)29-17(2)27-28-25(29)33-14-18-7-9-19(10-8-18)24(30)26-20-11-12-22-23(13-20)32-15-31-22/h3-13H,14-15H2,1-2H3,(H,26,30). The van der Waals surface area contributed by atoms with Gasteiger partial charge in [0.25, 0.3) is 5.91 Å². The van der Waals surface area contributed by atoms with Crippen molar-refractivity contribution in [1.29, 1.82) is 0 Å². The number of rotatable bonds is 6. The summed E-state index contributed by atoms with van der Waals surface area (Å²) in [5.41, 5.74) is 4.59. The molecule has 33 heavy (non-hydrogen) atoms. The maximum absolute atomic E-state index is 12.6. The van der Waals surface area contributed by atoms with Crippen molar-refractivity contribution in [2.24, 2.45) is 0 Å². The van der Waals surface area contributed by atoms with Crippen molar-refractivity contribution in [2.75, 3.05) is 12.1 Å². The molecule has 0 radical (unpaired) electrons. The lowest BCUT2D eigenvalue weighted by Gasteiger charge is -2.11. The van der Waals surface area contributed by atoms with E-state index in [0.29, 0.717) is 28.5 Å². The first-order chi connectivity index (χ1) is 16.1. The molecule has 0 fully saturated rings. The molecule has 1 aliphatic rings. The molecule has 1 amide bonds. The minimum absolute atomic E-state index is 0.178. The van der Waals surface area contributed by atoms with E-state index in [2.05, 4.69) is 39.1 Å². The van der Waals surface area contributed by atoms with Crippen LogP contribution in [0, 0.1) is 13.8 Å². The summed E-state index contributed by atoms with van der Waals surface area (Å²) in [5, 5.41) is 12.4. The Labute approximate surface area is 195 Å². The summed E-state index contributed by atoms with van der Waals surface area (Å²) in [5.74, 6) is 2.70. The van der Waals surface area contributed by atoms with Crippen LogP contribution in [0.2, 0.25) is 0 Å². The quantitative estimate of drug-likeness (QED) is 0.402. The van der Waals surface area contributed by atoms with Crippen molar-refractivity contribution < 1.29 is 14.3 Å². The number of carbonyl (C=O) groups is 1. The van der Waals surface area contributed by atoms with Crippen molar-refractivity contribution in [3.63, 3.8) is 0 Å². The topological polar surface area (TPSA) is 78.3 Å². The van der Waals surface area contributed by atoms with Gasteiger partial charge in [-0.25, -0.2) is 0 Å². The van der Waals surface area contributed by atoms with Gasteiger partial charge in [0.15, 0.2) is 16.7 Å². The third-order valence-corrected chi connectivity index (χ3v) is 6.37. The number of hydrogen-bond acceptors (Lipinski definition) is 6. The highest BCUT2D eigenvalue weighted by molar-refractivity contribution is 7.98. The van der Waals surface area contributed by atoms with Gasteiger partial charge in [0.1, 0.15) is 5.82 Å². The van der Waals surface area contributed by atoms with E-state index in [1.54, 1.807) is 30.0 Å². The predicted molar refractivity (Wildman–Crippen MR) is 127 cm³/mol. The molecular weight excluding hydrogens is 436 g/mol. The van der Waals surface area contributed by atoms with E-state index in [1.165, 1.54) is 5.56 Å². The molecule has 0 saturated carbocycles. The first-order valence-electron chi connectivity index (χ1n) is 10.5. The second-order valence-electron chi connectivity index (χ2n) is 7.66. The van der Waals surface area contributed by atoms with Crippen molar-refractivity contribution >= 4 is 23.4 Å². The number of aromatic nitrogens is 3. The van der Waals surface area contributed by atoms with Crippen LogP contribution >= 0.6 is 11.8 Å². The Kier molecular flexibility index (Phi) is 5.75. The summed E-state index contributed by atoms with van der Waals surface area (Å²) in [6, 6.07) is 21.1. The molecule has 1 aromatic heterocycles. The molecule has 5 rings (SSSR count). The van der Waals surface area contributed by atoms with Gasteiger partial charge >= 0.3 is 0 Å². The van der Waals surface area contributed by atoms with E-state index in [9.17, 15) is 4.79 Å². The van der Waals surface area contributed by atoms with Crippen LogP contribution in [0.4, 0.5) is 5.69 Å². The highest BCUT2D eigenvalue weighted by Gasteiger charge is 2.16. The zero-order valence-electron chi connectivity index (χ0n) is 18.2. The fraction of sp³-hybridized carbons (Fsp3) is 0.160. The molecule has 0 bridgehead atoms. The summed E-state index contributed by atoms with van der Waals surface area (Å²) in [4.78, 5) is 12.6. The maximum Gasteiger partial charge on any atom is 0.255 e. The zero-order chi connectivity index (χ0) is 22.8. The molecule has 7 nitrogen and oxygen atoms in total. The third-order valence-electron chi connectivity index (χ3n) is 5.37. The highest BCUT2D eigenvalue weighted by Crippen LogP contribution is 2.34. The molecule has 166 valence electrons. The van der Waals surface area contributed by atoms with Crippen LogP contribution in [-0.2, 0) is 5.75 Å². The summed E-state index contributed by atoms with van der Waals surface area (Å²) >= 11 is 1.62. The van der Waals surface area contributed by atoms with Crippen LogP contribution in [0.25, 0.3) is 5.69 Å². The van der Waals surface area contributed by atoms with E-state index >= 15 is 0 Å². The maximum atomic E-state index is 12.6. The van der Waals surface area contributed by atoms with E-state index in [1.807, 2.05) is 43.3 Å². The fourth-order valence-electron chi connectivity index (χ4n) is 3.61. The van der Waals surface area contributed by atoms with Crippen LogP contribution in [-0.4, -0.2) is 27.5 Å². The minimum atomic E-state index is -0.178. The molecular formula is C25H22N4O3S. The third kappa shape index (κ3) is 4.42. The van der Waals surface area contributed by atoms with Crippen LogP contribution in [0.15, 0.2) is 71.9 Å². The number of anilines is 1. The monoisotopic (exact) mass is 458 g/mol. The van der Waals surface area contributed by atoms with Gasteiger partial charge < -0.3 is 14.8 Å². The number of ether oxygens (including phenoxy) is 2. The Hall–Kier alpha value is -3.78. The SMILES string of the molecule is Cc1ccccc1-n1c(C)nnc1SCc1ccc(C(=O)Nc2ccc3c(c2)OCO3)cc1. The first kappa shape index (κ1) is 21.1. The van der Waals surface area contributed by atoms with Gasteiger partial charge in [0, 0.05) is 23.1 Å². The number of nitrogens with zero attached hydrogens (tertiary/aromatic N) is 3. The predicted octanol–water partition coefficient (Wildman–Crippen LogP) is 5.16. The van der Waals surface area contributed by atoms with Crippen molar-refractivity contribution in [3.05, 3.63) is 89.2 Å². The number of thioether (sulfide) groups is 1. The lowest BCUT2D eigenvalue weighted by Crippen LogP contribution is -2.11. The van der Waals surface area contributed by atoms with Crippen LogP contribution < -0.4 is 14.8 Å². The average molecular weight is 459 g/mol. The van der Waals surface area contributed by atoms with E-state index < -0.39 is 0 Å². The molecule has 2 heterocycles. The van der Waals surface area contributed by atoms with Gasteiger partial charge in [-0.1, -0.05) is 42.1 Å². The Morgan fingerprint density at radius 1 is 1.00 bits per heavy atom. The van der Waals surface area contributed by atoms with Gasteiger partial charge in [-0.15, -0.1) is 10.2 Å². The lowest BCUT2D eigenvalue weighted by atomic mass is 10.1. The Morgan fingerprint density at radius 2 is 1.79 bits per heavy atom. The van der Waals surface area contributed by atoms with Gasteiger partial charge in [-0.3, -0.25) is 9.36 Å². The molecule has 0 saturated heterocycles. The largest absolute Gasteiger partial charge is 0.454 e. The van der Waals surface area contributed by atoms with Crippen LogP contribution in [0.1, 0.15) is 27.3 Å². The smallest absolute Gasteiger partial charge is 0.255 e. The summed E-state index contributed by atoms with van der Waals surface area (Å²) in [7, 11) is 0. The van der Waals surface area contributed by atoms with Crippen molar-refractivity contribution in [3.8, 4) is 17.2 Å². The number of nitrogens with one attached hydrogen (secondary N) is 1. The van der Waals surface area contributed by atoms with Gasteiger partial charge in [0.05, 0.1) is 5.69 Å². The Morgan fingerprint density at radius 3 is 2.61 bits per heavy atom. The zero-order valence-corrected chi connectivity index (χ0v) is 19.1. The minimum Gasteiger partial charge on any atom is -0.454 e. The number of para-hydroxylation sites is 1. The first-order valence-corrected chi connectivity index (χ1v) is 11.5. The second kappa shape index (κ2) is 8.99. The Bertz CT molecular complexity index is 1320. The van der Waals surface area contributed by atoms with Crippen LogP contribution in [0.5, 0.6) is 11.5 Å². The molecule has 1 aliphatic heterocycles. The van der Waals surface area contributed by atoms with Gasteiger partial charge in [-0.2, -0.15) is 0 Å². The van der Waals surface area contributed by atoms with E-state index in [0.717, 1.165) is 22.2 Å². The number of benzene rings is 3. The highest BCUT2D eigenvalue weighted by atomic mass is 32.2. The molecule has 3 aromatic carbocycles. The van der Waals surface area contributed by atoms with E-state index in [-0.39, 0.29) is 12.7 Å². The summed E-state index contributed by atoms with van der Waals surface area (Å²) in [6.45, 7) is 4.24. The number of carbonyl (C=O) groups excluding carboxylic acids is 1. The Balaban J connectivity index is 1.25. The normalized spacial score (nSPS) is 12.1. The van der Waals surface area contributed by atoms with Crippen LogP contribution in [0.3, 0.4) is 0 Å². The van der Waals surface area contributed by atoms with Gasteiger partial charge in [-0.05, 0) is 55.3 Å². The van der Waals surface area contributed by atoms with Crippen molar-refractivity contribution in [1.82, 2.24) is 14.8 Å². The molecule has 4 aromatic rings. The summed E-state index contributed by atoms with van der Waals surface area (Å²) in [6.07, 6.45) is 0. The van der Waals surface area contributed by atoms with E-state index in [4.69, 9.17) is 9.47 Å². The number of fused-ring (bicyclic) bond motifs is 1. The second-order valence-corrected chi connectivity index (χ2v) is 8.60. The number of amides is 1. The van der Waals surface area contributed by atoms with Gasteiger partial charge in [0.2, 0.25) is 6.79 Å². The van der Waals surface area contributed by atoms with Crippen molar-refractivity contribution in [2.45, 2.75) is 24.8 Å². The molecule has 1 N–H and O–H groups in total. The molecule has 0 spiro atoms. The number of aryl methyl sites for hydroxylation is 2. The average Bonchev–Trinajstić information content (AvgIpc) is 3.44. The fourth-order valence-corrected chi connectivity index (χ4v) is 4.55.